The number of aromatic nitrogens is 4. The van der Waals surface area contributed by atoms with Gasteiger partial charge in [0, 0.05) is 39.7 Å². The number of hydrogen-bond donors (Lipinski definition) is 0. The van der Waals surface area contributed by atoms with Crippen LogP contribution in [0.3, 0.4) is 0 Å². The molecule has 3 rings (SSSR count). The first-order valence-electron chi connectivity index (χ1n) is 12.9. The first-order valence-corrected chi connectivity index (χ1v) is 14.5. The quantitative estimate of drug-likeness (QED) is 0.264. The van der Waals surface area contributed by atoms with E-state index in [0.29, 0.717) is 35.6 Å². The minimum absolute atomic E-state index is 0.00455. The molecule has 3 aromatic heterocycles. The van der Waals surface area contributed by atoms with Crippen LogP contribution in [0.4, 0.5) is 0 Å². The molecule has 0 aliphatic rings. The highest BCUT2D eigenvalue weighted by Gasteiger charge is 2.29. The van der Waals surface area contributed by atoms with E-state index in [0.717, 1.165) is 18.5 Å². The van der Waals surface area contributed by atoms with Crippen LogP contribution < -0.4 is 0 Å². The molecule has 4 unspecified atom stereocenters. The maximum absolute atomic E-state index is 4.92. The van der Waals surface area contributed by atoms with E-state index >= 15 is 0 Å². The summed E-state index contributed by atoms with van der Waals surface area (Å²) in [5.41, 5.74) is 3.64. The molecule has 0 saturated heterocycles. The maximum Gasteiger partial charge on any atom is 0.0953 e. The molecule has 0 aromatic carbocycles. The zero-order chi connectivity index (χ0) is 25.2. The van der Waals surface area contributed by atoms with Crippen LogP contribution in [0.2, 0.25) is 0 Å². The molecule has 0 N–H and O–H groups in total. The molecular weight excluding hydrogens is 456 g/mol. The van der Waals surface area contributed by atoms with Crippen LogP contribution in [0.15, 0.2) is 23.7 Å². The lowest BCUT2D eigenvalue weighted by atomic mass is 9.81. The molecule has 0 amide bonds. The van der Waals surface area contributed by atoms with Crippen molar-refractivity contribution < 1.29 is 0 Å². The predicted molar refractivity (Wildman–Crippen MR) is 148 cm³/mol. The summed E-state index contributed by atoms with van der Waals surface area (Å²) in [6, 6.07) is 4.84. The van der Waals surface area contributed by atoms with Gasteiger partial charge in [-0.2, -0.15) is 9.47 Å². The fourth-order valence-electron chi connectivity index (χ4n) is 4.63. The Bertz CT molecular complexity index is 1040. The van der Waals surface area contributed by atoms with Crippen molar-refractivity contribution in [3.8, 4) is 0 Å². The Morgan fingerprint density at radius 2 is 1.68 bits per heavy atom. The smallest absolute Gasteiger partial charge is 0.0953 e. The monoisotopic (exact) mass is 500 g/mol. The number of nitrogens with zero attached hydrogens (tertiary/aromatic N) is 4. The molecule has 0 bridgehead atoms. The Labute approximate surface area is 215 Å². The number of rotatable bonds is 11. The average molecular weight is 501 g/mol. The fraction of sp³-hybridized carbons (Fsp3) is 0.679. The first kappa shape index (κ1) is 27.1. The van der Waals surface area contributed by atoms with Gasteiger partial charge in [-0.05, 0) is 61.2 Å². The highest BCUT2D eigenvalue weighted by molar-refractivity contribution is 7.09. The molecule has 34 heavy (non-hydrogen) atoms. The van der Waals surface area contributed by atoms with E-state index in [1.807, 2.05) is 0 Å². The van der Waals surface area contributed by atoms with Gasteiger partial charge in [0.25, 0.3) is 0 Å². The Balaban J connectivity index is 1.63. The van der Waals surface area contributed by atoms with Gasteiger partial charge in [0.2, 0.25) is 0 Å². The lowest BCUT2D eigenvalue weighted by Crippen LogP contribution is -2.23. The zero-order valence-electron chi connectivity index (χ0n) is 22.8. The second kappa shape index (κ2) is 11.0. The van der Waals surface area contributed by atoms with Gasteiger partial charge >= 0.3 is 0 Å². The van der Waals surface area contributed by atoms with Crippen molar-refractivity contribution in [3.05, 3.63) is 50.7 Å². The van der Waals surface area contributed by atoms with E-state index in [2.05, 4.69) is 97.6 Å². The van der Waals surface area contributed by atoms with Crippen LogP contribution >= 0.6 is 22.9 Å². The van der Waals surface area contributed by atoms with Crippen LogP contribution in [0.5, 0.6) is 0 Å². The molecule has 0 radical (unpaired) electrons. The van der Waals surface area contributed by atoms with Gasteiger partial charge in [-0.25, -0.2) is 4.98 Å². The molecule has 3 aromatic rings. The molecule has 0 aliphatic carbocycles. The normalized spacial score (nSPS) is 16.2. The van der Waals surface area contributed by atoms with Gasteiger partial charge < -0.3 is 0 Å². The molecule has 188 valence electrons. The molecule has 3 heterocycles. The van der Waals surface area contributed by atoms with Crippen LogP contribution in [0, 0.1) is 5.92 Å². The summed E-state index contributed by atoms with van der Waals surface area (Å²) in [5, 5.41) is 8.31. The third-order valence-electron chi connectivity index (χ3n) is 7.26. The second-order valence-corrected chi connectivity index (χ2v) is 13.3. The van der Waals surface area contributed by atoms with E-state index in [-0.39, 0.29) is 5.41 Å². The topological polar surface area (TPSA) is 43.6 Å². The van der Waals surface area contributed by atoms with Gasteiger partial charge in [-0.1, -0.05) is 62.3 Å². The second-order valence-electron chi connectivity index (χ2n) is 11.6. The molecule has 0 fully saturated rings. The predicted octanol–water partition coefficient (Wildman–Crippen LogP) is 8.91. The molecule has 0 saturated carbocycles. The van der Waals surface area contributed by atoms with Crippen molar-refractivity contribution >= 4 is 22.9 Å². The summed E-state index contributed by atoms with van der Waals surface area (Å²) >= 11 is 3.49. The van der Waals surface area contributed by atoms with E-state index in [4.69, 9.17) is 14.5 Å². The summed E-state index contributed by atoms with van der Waals surface area (Å²) in [6.07, 6.45) is 4.29. The maximum atomic E-state index is 4.92. The Morgan fingerprint density at radius 3 is 2.26 bits per heavy atom. The minimum atomic E-state index is 0.00455. The fourth-order valence-corrected chi connectivity index (χ4v) is 6.51. The van der Waals surface area contributed by atoms with Crippen molar-refractivity contribution in [2.45, 2.75) is 117 Å². The van der Waals surface area contributed by atoms with E-state index in [1.54, 1.807) is 22.9 Å². The Kier molecular flexibility index (Phi) is 8.78. The van der Waals surface area contributed by atoms with Gasteiger partial charge in [0.1, 0.15) is 0 Å². The van der Waals surface area contributed by atoms with Crippen molar-refractivity contribution in [2.75, 3.05) is 0 Å². The molecule has 0 spiro atoms. The highest BCUT2D eigenvalue weighted by atomic mass is 32.1. The van der Waals surface area contributed by atoms with Crippen molar-refractivity contribution in [3.63, 3.8) is 0 Å². The van der Waals surface area contributed by atoms with Crippen LogP contribution in [-0.2, 0) is 5.41 Å². The molecular formula is C28H44N4S2. The lowest BCUT2D eigenvalue weighted by Gasteiger charge is -2.26. The van der Waals surface area contributed by atoms with Crippen LogP contribution in [0.1, 0.15) is 139 Å². The zero-order valence-corrected chi connectivity index (χ0v) is 24.4. The first-order chi connectivity index (χ1) is 15.9. The van der Waals surface area contributed by atoms with Crippen molar-refractivity contribution in [1.29, 1.82) is 0 Å². The van der Waals surface area contributed by atoms with Crippen LogP contribution in [-0.4, -0.2) is 19.1 Å². The highest BCUT2D eigenvalue weighted by Crippen LogP contribution is 2.38. The SMILES string of the molecule is CC(C)c1ccn(C(C)CC(C)(C)c2cc(C(C)CC(C)C(C)c3csc(C(C)C)n3)sn2)n1. The standard InChI is InChI=1S/C28H44N4S2/c1-17(2)23-11-12-32(30-23)21(7)15-28(9,10)26-14-25(34-31-26)20(6)13-19(5)22(8)24-16-33-27(29-24)18(3)4/h11-12,14,16-22H,13,15H2,1-10H3. The van der Waals surface area contributed by atoms with Gasteiger partial charge in [-0.3, -0.25) is 4.68 Å². The summed E-state index contributed by atoms with van der Waals surface area (Å²) in [7, 11) is 0. The largest absolute Gasteiger partial charge is 0.270 e. The molecule has 6 heteroatoms. The molecule has 4 atom stereocenters. The van der Waals surface area contributed by atoms with E-state index in [9.17, 15) is 0 Å². The Morgan fingerprint density at radius 1 is 0.971 bits per heavy atom. The summed E-state index contributed by atoms with van der Waals surface area (Å²) < 4.78 is 7.05. The van der Waals surface area contributed by atoms with Crippen molar-refractivity contribution in [2.24, 2.45) is 5.92 Å². The summed E-state index contributed by atoms with van der Waals surface area (Å²) in [5.74, 6) is 2.51. The van der Waals surface area contributed by atoms with Gasteiger partial charge in [-0.15, -0.1) is 11.3 Å². The minimum Gasteiger partial charge on any atom is -0.270 e. The lowest BCUT2D eigenvalue weighted by molar-refractivity contribution is 0.347. The Hall–Kier alpha value is -1.53. The van der Waals surface area contributed by atoms with Gasteiger partial charge in [0.05, 0.1) is 22.1 Å². The third-order valence-corrected chi connectivity index (χ3v) is 9.45. The average Bonchev–Trinajstić information content (AvgIpc) is 3.53. The van der Waals surface area contributed by atoms with Crippen molar-refractivity contribution in [1.82, 2.24) is 19.1 Å². The number of hydrogen-bond acceptors (Lipinski definition) is 5. The van der Waals surface area contributed by atoms with E-state index in [1.165, 1.54) is 21.3 Å². The van der Waals surface area contributed by atoms with Gasteiger partial charge in [0.15, 0.2) is 0 Å². The van der Waals surface area contributed by atoms with E-state index < -0.39 is 0 Å². The summed E-state index contributed by atoms with van der Waals surface area (Å²) in [6.45, 7) is 22.8. The third kappa shape index (κ3) is 6.37. The number of thiazole rings is 1. The summed E-state index contributed by atoms with van der Waals surface area (Å²) in [4.78, 5) is 6.31. The molecule has 4 nitrogen and oxygen atoms in total. The molecule has 0 aliphatic heterocycles. The van der Waals surface area contributed by atoms with Crippen LogP contribution in [0.25, 0.3) is 0 Å².